The number of hydrogen-bond acceptors (Lipinski definition) is 3. The Balaban J connectivity index is 1.95. The molecule has 1 saturated carbocycles. The van der Waals surface area contributed by atoms with Gasteiger partial charge >= 0.3 is 0 Å². The number of anilines is 1. The average molecular weight is 152 g/mol. The highest BCUT2D eigenvalue weighted by atomic mass is 15.4. The molecule has 60 valence electrons. The van der Waals surface area contributed by atoms with Gasteiger partial charge in [0.1, 0.15) is 6.33 Å². The summed E-state index contributed by atoms with van der Waals surface area (Å²) in [5, 5.41) is 4.02. The van der Waals surface area contributed by atoms with Gasteiger partial charge < -0.3 is 5.73 Å². The Hall–Kier alpha value is -1.06. The van der Waals surface area contributed by atoms with Gasteiger partial charge in [-0.3, -0.25) is 4.68 Å². The summed E-state index contributed by atoms with van der Waals surface area (Å²) in [4.78, 5) is 3.86. The zero-order chi connectivity index (χ0) is 7.68. The number of hydrogen-bond donors (Lipinski definition) is 1. The summed E-state index contributed by atoms with van der Waals surface area (Å²) < 4.78 is 1.83. The molecule has 1 aromatic heterocycles. The zero-order valence-electron chi connectivity index (χ0n) is 6.40. The van der Waals surface area contributed by atoms with Crippen LogP contribution in [0, 0.1) is 5.92 Å². The lowest BCUT2D eigenvalue weighted by molar-refractivity contribution is 0.266. The van der Waals surface area contributed by atoms with Gasteiger partial charge in [0.2, 0.25) is 5.95 Å². The predicted molar refractivity (Wildman–Crippen MR) is 41.8 cm³/mol. The summed E-state index contributed by atoms with van der Waals surface area (Å²) in [6.45, 7) is 0.990. The third-order valence-electron chi connectivity index (χ3n) is 2.22. The van der Waals surface area contributed by atoms with Crippen molar-refractivity contribution in [1.29, 1.82) is 0 Å². The quantitative estimate of drug-likeness (QED) is 0.677. The highest BCUT2D eigenvalue weighted by Gasteiger charge is 2.17. The first-order valence-electron chi connectivity index (χ1n) is 3.99. The van der Waals surface area contributed by atoms with Crippen molar-refractivity contribution in [1.82, 2.24) is 14.8 Å². The number of nitrogen functional groups attached to an aromatic ring is 1. The van der Waals surface area contributed by atoms with Crippen molar-refractivity contribution in [3.63, 3.8) is 0 Å². The second-order valence-electron chi connectivity index (χ2n) is 3.12. The van der Waals surface area contributed by atoms with Crippen LogP contribution in [0.15, 0.2) is 6.33 Å². The van der Waals surface area contributed by atoms with Crippen molar-refractivity contribution >= 4 is 5.95 Å². The number of rotatable bonds is 2. The maximum Gasteiger partial charge on any atom is 0.239 e. The minimum Gasteiger partial charge on any atom is -0.367 e. The number of aromatic nitrogens is 3. The number of nitrogens with zero attached hydrogens (tertiary/aromatic N) is 3. The summed E-state index contributed by atoms with van der Waals surface area (Å²) in [5.74, 6) is 1.19. The molecule has 0 unspecified atom stereocenters. The van der Waals surface area contributed by atoms with Crippen molar-refractivity contribution in [3.8, 4) is 0 Å². The fourth-order valence-electron chi connectivity index (χ4n) is 1.34. The Morgan fingerprint density at radius 3 is 2.91 bits per heavy atom. The summed E-state index contributed by atoms with van der Waals surface area (Å²) in [7, 11) is 0. The molecule has 2 rings (SSSR count). The van der Waals surface area contributed by atoms with Crippen LogP contribution in [0.1, 0.15) is 19.3 Å². The van der Waals surface area contributed by atoms with E-state index in [1.807, 2.05) is 4.68 Å². The van der Waals surface area contributed by atoms with Gasteiger partial charge in [-0.25, -0.2) is 4.98 Å². The van der Waals surface area contributed by atoms with Crippen LogP contribution in [0.4, 0.5) is 5.95 Å². The van der Waals surface area contributed by atoms with Crippen LogP contribution in [-0.4, -0.2) is 14.8 Å². The van der Waals surface area contributed by atoms with E-state index in [2.05, 4.69) is 10.1 Å². The fourth-order valence-corrected chi connectivity index (χ4v) is 1.34. The van der Waals surface area contributed by atoms with Gasteiger partial charge in [-0.1, -0.05) is 6.42 Å². The van der Waals surface area contributed by atoms with Crippen LogP contribution in [0.2, 0.25) is 0 Å². The van der Waals surface area contributed by atoms with Gasteiger partial charge in [-0.2, -0.15) is 0 Å². The normalized spacial score (nSPS) is 18.2. The van der Waals surface area contributed by atoms with Crippen molar-refractivity contribution in [2.24, 2.45) is 5.92 Å². The molecule has 0 radical (unpaired) electrons. The number of nitrogens with two attached hydrogens (primary N) is 1. The monoisotopic (exact) mass is 152 g/mol. The highest BCUT2D eigenvalue weighted by molar-refractivity contribution is 5.09. The Morgan fingerprint density at radius 2 is 2.45 bits per heavy atom. The lowest BCUT2D eigenvalue weighted by Crippen LogP contribution is -2.18. The summed E-state index contributed by atoms with van der Waals surface area (Å²) in [6.07, 6.45) is 5.74. The molecule has 4 nitrogen and oxygen atoms in total. The largest absolute Gasteiger partial charge is 0.367 e. The van der Waals surface area contributed by atoms with Gasteiger partial charge in [-0.15, -0.1) is 5.10 Å². The third-order valence-corrected chi connectivity index (χ3v) is 2.22. The zero-order valence-corrected chi connectivity index (χ0v) is 6.40. The van der Waals surface area contributed by atoms with Crippen molar-refractivity contribution in [2.75, 3.05) is 5.73 Å². The lowest BCUT2D eigenvalue weighted by atomic mass is 9.86. The van der Waals surface area contributed by atoms with E-state index >= 15 is 0 Å². The third kappa shape index (κ3) is 1.34. The topological polar surface area (TPSA) is 56.7 Å². The summed E-state index contributed by atoms with van der Waals surface area (Å²) in [5.41, 5.74) is 5.37. The van der Waals surface area contributed by atoms with Crippen molar-refractivity contribution < 1.29 is 0 Å². The van der Waals surface area contributed by atoms with Crippen LogP contribution in [0.5, 0.6) is 0 Å². The molecule has 2 N–H and O–H groups in total. The minimum absolute atomic E-state index is 0.379. The maximum atomic E-state index is 5.37. The molecule has 0 aromatic carbocycles. The first-order chi connectivity index (χ1) is 5.34. The Kier molecular flexibility index (Phi) is 1.52. The molecule has 0 aliphatic heterocycles. The van der Waals surface area contributed by atoms with E-state index in [1.165, 1.54) is 19.3 Å². The molecule has 1 fully saturated rings. The van der Waals surface area contributed by atoms with Gasteiger partial charge in [0.05, 0.1) is 0 Å². The lowest BCUT2D eigenvalue weighted by Gasteiger charge is -2.24. The molecule has 0 amide bonds. The van der Waals surface area contributed by atoms with Crippen molar-refractivity contribution in [3.05, 3.63) is 6.33 Å². The first kappa shape index (κ1) is 6.64. The van der Waals surface area contributed by atoms with Crippen molar-refractivity contribution in [2.45, 2.75) is 25.8 Å². The van der Waals surface area contributed by atoms with E-state index in [0.717, 1.165) is 12.5 Å². The molecule has 11 heavy (non-hydrogen) atoms. The molecule has 1 aliphatic carbocycles. The van der Waals surface area contributed by atoms with Crippen LogP contribution < -0.4 is 5.73 Å². The standard InChI is InChI=1S/C7H12N4/c8-7-9-5-11(10-7)4-6-2-1-3-6/h5-6H,1-4H2,(H2,8,10). The smallest absolute Gasteiger partial charge is 0.239 e. The van der Waals surface area contributed by atoms with E-state index in [9.17, 15) is 0 Å². The van der Waals surface area contributed by atoms with Gasteiger partial charge in [0, 0.05) is 6.54 Å². The molecule has 0 atom stereocenters. The van der Waals surface area contributed by atoms with Gasteiger partial charge in [-0.05, 0) is 18.8 Å². The van der Waals surface area contributed by atoms with E-state index in [4.69, 9.17) is 5.73 Å². The van der Waals surface area contributed by atoms with Gasteiger partial charge in [0.25, 0.3) is 0 Å². The van der Waals surface area contributed by atoms with Crippen LogP contribution in [0.25, 0.3) is 0 Å². The van der Waals surface area contributed by atoms with E-state index < -0.39 is 0 Å². The van der Waals surface area contributed by atoms with Crippen LogP contribution in [-0.2, 0) is 6.54 Å². The second kappa shape index (κ2) is 2.53. The van der Waals surface area contributed by atoms with Crippen LogP contribution in [0.3, 0.4) is 0 Å². The molecule has 1 heterocycles. The molecule has 0 saturated heterocycles. The van der Waals surface area contributed by atoms with Crippen LogP contribution >= 0.6 is 0 Å². The molecule has 1 aliphatic rings. The Labute approximate surface area is 65.4 Å². The van der Waals surface area contributed by atoms with E-state index in [0.29, 0.717) is 5.95 Å². The molecular formula is C7H12N4. The Bertz CT molecular complexity index is 238. The maximum absolute atomic E-state index is 5.37. The molecule has 0 spiro atoms. The minimum atomic E-state index is 0.379. The highest BCUT2D eigenvalue weighted by Crippen LogP contribution is 2.27. The van der Waals surface area contributed by atoms with E-state index in [-0.39, 0.29) is 0 Å². The van der Waals surface area contributed by atoms with E-state index in [1.54, 1.807) is 6.33 Å². The van der Waals surface area contributed by atoms with Gasteiger partial charge in [0.15, 0.2) is 0 Å². The SMILES string of the molecule is Nc1ncn(CC2CCC2)n1. The fraction of sp³-hybridized carbons (Fsp3) is 0.714. The second-order valence-corrected chi connectivity index (χ2v) is 3.12. The molecular weight excluding hydrogens is 140 g/mol. The summed E-state index contributed by atoms with van der Waals surface area (Å²) >= 11 is 0. The Morgan fingerprint density at radius 1 is 1.64 bits per heavy atom. The average Bonchev–Trinajstić information content (AvgIpc) is 2.27. The molecule has 0 bridgehead atoms. The molecule has 4 heteroatoms. The predicted octanol–water partition coefficient (Wildman–Crippen LogP) is 0.660. The summed E-state index contributed by atoms with van der Waals surface area (Å²) in [6, 6.07) is 0. The molecule has 1 aromatic rings. The first-order valence-corrected chi connectivity index (χ1v) is 3.99.